The van der Waals surface area contributed by atoms with Crippen LogP contribution in [-0.4, -0.2) is 57.2 Å². The van der Waals surface area contributed by atoms with Crippen molar-refractivity contribution in [3.05, 3.63) is 34.9 Å². The molecule has 2 rings (SSSR count). The maximum atomic E-state index is 12.1. The number of carbonyl (C=O) groups excluding carboxylic acids is 1. The van der Waals surface area contributed by atoms with E-state index in [1.165, 1.54) is 10.4 Å². The number of hydrogen-bond acceptors (Lipinski definition) is 4. The highest BCUT2D eigenvalue weighted by Crippen LogP contribution is 2.10. The Morgan fingerprint density at radius 3 is 2.71 bits per heavy atom. The molecule has 1 saturated heterocycles. The number of nitrogens with one attached hydrogen (secondary N) is 1. The second kappa shape index (κ2) is 7.22. The SMILES string of the molecule is O=C(NCCS(=O)(=O)N1CCOCC1)c1cccc(Cl)c1. The van der Waals surface area contributed by atoms with Crippen LogP contribution in [0.2, 0.25) is 5.02 Å². The fraction of sp³-hybridized carbons (Fsp3) is 0.462. The number of morpholine rings is 1. The average molecular weight is 333 g/mol. The molecule has 1 aliphatic rings. The third kappa shape index (κ3) is 4.67. The van der Waals surface area contributed by atoms with Crippen molar-refractivity contribution in [1.82, 2.24) is 9.62 Å². The highest BCUT2D eigenvalue weighted by atomic mass is 35.5. The van der Waals surface area contributed by atoms with Crippen LogP contribution in [0, 0.1) is 0 Å². The number of halogens is 1. The molecule has 0 bridgehead atoms. The Balaban J connectivity index is 1.84. The average Bonchev–Trinajstić information content (AvgIpc) is 2.48. The number of amides is 1. The quantitative estimate of drug-likeness (QED) is 0.862. The first-order valence-electron chi connectivity index (χ1n) is 6.58. The van der Waals surface area contributed by atoms with Crippen molar-refractivity contribution in [1.29, 1.82) is 0 Å². The molecule has 1 heterocycles. The van der Waals surface area contributed by atoms with E-state index in [1.807, 2.05) is 0 Å². The van der Waals surface area contributed by atoms with Crippen molar-refractivity contribution >= 4 is 27.5 Å². The van der Waals surface area contributed by atoms with Crippen LogP contribution in [0.15, 0.2) is 24.3 Å². The van der Waals surface area contributed by atoms with Crippen LogP contribution in [0.1, 0.15) is 10.4 Å². The molecule has 116 valence electrons. The lowest BCUT2D eigenvalue weighted by molar-refractivity contribution is 0.0730. The van der Waals surface area contributed by atoms with E-state index in [1.54, 1.807) is 18.2 Å². The van der Waals surface area contributed by atoms with Gasteiger partial charge in [-0.25, -0.2) is 8.42 Å². The summed E-state index contributed by atoms with van der Waals surface area (Å²) < 4.78 is 30.6. The minimum absolute atomic E-state index is 0.0606. The third-order valence-electron chi connectivity index (χ3n) is 3.10. The Morgan fingerprint density at radius 1 is 1.33 bits per heavy atom. The number of benzene rings is 1. The van der Waals surface area contributed by atoms with Crippen molar-refractivity contribution in [2.75, 3.05) is 38.6 Å². The minimum Gasteiger partial charge on any atom is -0.379 e. The predicted octanol–water partition coefficient (Wildman–Crippen LogP) is 0.732. The van der Waals surface area contributed by atoms with Gasteiger partial charge in [0.05, 0.1) is 19.0 Å². The summed E-state index contributed by atoms with van der Waals surface area (Å²) in [5.41, 5.74) is 0.409. The number of hydrogen-bond donors (Lipinski definition) is 1. The second-order valence-corrected chi connectivity index (χ2v) is 7.12. The molecular formula is C13H17ClN2O4S. The Labute approximate surface area is 129 Å². The molecule has 1 aliphatic heterocycles. The second-order valence-electron chi connectivity index (χ2n) is 4.59. The number of rotatable bonds is 5. The van der Waals surface area contributed by atoms with Crippen LogP contribution < -0.4 is 5.32 Å². The maximum Gasteiger partial charge on any atom is 0.251 e. The molecule has 1 aromatic rings. The summed E-state index contributed by atoms with van der Waals surface area (Å²) in [6.07, 6.45) is 0. The van der Waals surface area contributed by atoms with E-state index < -0.39 is 10.0 Å². The van der Waals surface area contributed by atoms with Gasteiger partial charge >= 0.3 is 0 Å². The van der Waals surface area contributed by atoms with E-state index in [4.69, 9.17) is 16.3 Å². The minimum atomic E-state index is -3.36. The van der Waals surface area contributed by atoms with Crippen molar-refractivity contribution < 1.29 is 17.9 Å². The summed E-state index contributed by atoms with van der Waals surface area (Å²) in [7, 11) is -3.36. The molecule has 1 fully saturated rings. The van der Waals surface area contributed by atoms with Gasteiger partial charge < -0.3 is 10.1 Å². The summed E-state index contributed by atoms with van der Waals surface area (Å²) in [5.74, 6) is -0.464. The van der Waals surface area contributed by atoms with E-state index in [2.05, 4.69) is 5.32 Å². The predicted molar refractivity (Wildman–Crippen MR) is 80.0 cm³/mol. The van der Waals surface area contributed by atoms with Gasteiger partial charge in [0, 0.05) is 30.2 Å². The molecule has 0 spiro atoms. The molecule has 0 aliphatic carbocycles. The van der Waals surface area contributed by atoms with E-state index in [9.17, 15) is 13.2 Å². The van der Waals surface area contributed by atoms with Crippen LogP contribution >= 0.6 is 11.6 Å². The number of carbonyl (C=O) groups is 1. The topological polar surface area (TPSA) is 75.7 Å². The van der Waals surface area contributed by atoms with E-state index >= 15 is 0 Å². The summed E-state index contributed by atoms with van der Waals surface area (Å²) in [6, 6.07) is 6.49. The fourth-order valence-corrected chi connectivity index (χ4v) is 3.49. The van der Waals surface area contributed by atoms with Gasteiger partial charge in [-0.05, 0) is 18.2 Å². The third-order valence-corrected chi connectivity index (χ3v) is 5.20. The molecular weight excluding hydrogens is 316 g/mol. The van der Waals surface area contributed by atoms with Crippen molar-refractivity contribution in [2.45, 2.75) is 0 Å². The molecule has 21 heavy (non-hydrogen) atoms. The maximum absolute atomic E-state index is 12.1. The highest BCUT2D eigenvalue weighted by Gasteiger charge is 2.23. The van der Waals surface area contributed by atoms with Crippen LogP contribution in [0.25, 0.3) is 0 Å². The lowest BCUT2D eigenvalue weighted by Gasteiger charge is -2.26. The molecule has 0 saturated carbocycles. The first-order chi connectivity index (χ1) is 9.99. The summed E-state index contributed by atoms with van der Waals surface area (Å²) >= 11 is 5.80. The Bertz CT molecular complexity index is 600. The highest BCUT2D eigenvalue weighted by molar-refractivity contribution is 7.89. The zero-order chi connectivity index (χ0) is 15.3. The monoisotopic (exact) mass is 332 g/mol. The van der Waals surface area contributed by atoms with Crippen LogP contribution in [0.4, 0.5) is 0 Å². The molecule has 1 aromatic carbocycles. The molecule has 6 nitrogen and oxygen atoms in total. The van der Waals surface area contributed by atoms with Gasteiger partial charge in [-0.2, -0.15) is 4.31 Å². The first-order valence-corrected chi connectivity index (χ1v) is 8.57. The smallest absolute Gasteiger partial charge is 0.251 e. The zero-order valence-corrected chi connectivity index (χ0v) is 13.0. The zero-order valence-electron chi connectivity index (χ0n) is 11.4. The summed E-state index contributed by atoms with van der Waals surface area (Å²) in [4.78, 5) is 11.9. The summed E-state index contributed by atoms with van der Waals surface area (Å²) in [5, 5.41) is 3.05. The van der Waals surface area contributed by atoms with Crippen molar-refractivity contribution in [3.8, 4) is 0 Å². The molecule has 0 atom stereocenters. The summed E-state index contributed by atoms with van der Waals surface area (Å²) in [6.45, 7) is 1.61. The van der Waals surface area contributed by atoms with Gasteiger partial charge in [-0.15, -0.1) is 0 Å². The van der Waals surface area contributed by atoms with Gasteiger partial charge in [0.2, 0.25) is 10.0 Å². The molecule has 0 radical (unpaired) electrons. The van der Waals surface area contributed by atoms with Crippen molar-refractivity contribution in [3.63, 3.8) is 0 Å². The van der Waals surface area contributed by atoms with Crippen LogP contribution in [-0.2, 0) is 14.8 Å². The van der Waals surface area contributed by atoms with Gasteiger partial charge in [0.25, 0.3) is 5.91 Å². The number of sulfonamides is 1. The first kappa shape index (κ1) is 16.2. The Morgan fingerprint density at radius 2 is 2.05 bits per heavy atom. The van der Waals surface area contributed by atoms with Gasteiger partial charge in [0.15, 0.2) is 0 Å². The molecule has 8 heteroatoms. The van der Waals surface area contributed by atoms with Crippen LogP contribution in [0.3, 0.4) is 0 Å². The molecule has 1 N–H and O–H groups in total. The van der Waals surface area contributed by atoms with Crippen molar-refractivity contribution in [2.24, 2.45) is 0 Å². The van der Waals surface area contributed by atoms with Gasteiger partial charge in [0.1, 0.15) is 0 Å². The molecule has 0 aromatic heterocycles. The van der Waals surface area contributed by atoms with E-state index in [0.717, 1.165) is 0 Å². The normalized spacial score (nSPS) is 16.6. The standard InChI is InChI=1S/C13H17ClN2O4S/c14-12-3-1-2-11(10-12)13(17)15-4-9-21(18,19)16-5-7-20-8-6-16/h1-3,10H,4-9H2,(H,15,17). The lowest BCUT2D eigenvalue weighted by Crippen LogP contribution is -2.43. The lowest BCUT2D eigenvalue weighted by atomic mass is 10.2. The fourth-order valence-electron chi connectivity index (χ4n) is 1.98. The van der Waals surface area contributed by atoms with Gasteiger partial charge in [-0.1, -0.05) is 17.7 Å². The van der Waals surface area contributed by atoms with Gasteiger partial charge in [-0.3, -0.25) is 4.79 Å². The number of nitrogens with zero attached hydrogens (tertiary/aromatic N) is 1. The largest absolute Gasteiger partial charge is 0.379 e. The van der Waals surface area contributed by atoms with E-state index in [0.29, 0.717) is 36.9 Å². The Hall–Kier alpha value is -1.15. The molecule has 1 amide bonds. The van der Waals surface area contributed by atoms with E-state index in [-0.39, 0.29) is 18.2 Å². The molecule has 0 unspecified atom stereocenters. The number of ether oxygens (including phenoxy) is 1. The van der Waals surface area contributed by atoms with Crippen LogP contribution in [0.5, 0.6) is 0 Å². The Kier molecular flexibility index (Phi) is 5.58.